The van der Waals surface area contributed by atoms with Crippen molar-refractivity contribution in [3.63, 3.8) is 0 Å². The molecule has 0 saturated heterocycles. The van der Waals surface area contributed by atoms with Gasteiger partial charge in [-0.2, -0.15) is 0 Å². The van der Waals surface area contributed by atoms with Gasteiger partial charge in [0.1, 0.15) is 19.3 Å². The summed E-state index contributed by atoms with van der Waals surface area (Å²) in [6.07, 6.45) is 94.5. The first-order chi connectivity index (χ1) is 51.7. The topological polar surface area (TPSA) is 237 Å². The van der Waals surface area contributed by atoms with Gasteiger partial charge in [0.05, 0.1) is 32.8 Å². The van der Waals surface area contributed by atoms with Crippen LogP contribution in [0.25, 0.3) is 0 Å². The van der Waals surface area contributed by atoms with Gasteiger partial charge in [-0.15, -0.1) is 0 Å². The lowest BCUT2D eigenvalue weighted by atomic mass is 10.1. The second-order valence-electron chi connectivity index (χ2n) is 25.5. The molecule has 0 aromatic heterocycles. The summed E-state index contributed by atoms with van der Waals surface area (Å²) in [6.45, 7) is 4.26. The third-order valence-corrected chi connectivity index (χ3v) is 17.5. The van der Waals surface area contributed by atoms with E-state index in [1.165, 1.54) is 19.3 Å². The van der Waals surface area contributed by atoms with Crippen LogP contribution in [0.4, 0.5) is 0 Å². The van der Waals surface area contributed by atoms with Crippen molar-refractivity contribution in [3.05, 3.63) is 194 Å². The average Bonchev–Trinajstić information content (AvgIpc) is 0.907. The number of ether oxygens (including phenoxy) is 4. The van der Waals surface area contributed by atoms with Crippen molar-refractivity contribution >= 4 is 39.5 Å². The standard InChI is InChI=1S/C87H138O17P2/c1-5-9-13-17-21-25-29-33-37-39-40-42-45-48-52-56-60-64-68-72-85(90)98-78-83(104-87(92)74-70-66-62-58-54-50-46-41-38-34-30-26-22-18-14-10-6-2)80-102-106(95,96)100-76-81(88)75-99-105(93,94)101-79-82(103-86(91)73-69-65-61-57-53-49-44-36-32-28-24-20-16-12-8-4)77-97-84(89)71-67-63-59-55-51-47-43-35-31-27-23-19-15-11-7-3/h10-12,14-16,21-28,33-38,40,42-44,46,50-51,55,58,62-63,67,81-83,88H,5-9,13,17-20,29-32,39,41,45,47-49,52-54,56-57,59-61,64-66,68-80H2,1-4H3,(H,93,94)(H,95,96)/b14-10-,15-11-,16-12-,25-21-,26-22-,27-23-,28-24-,37-33-,38-34-,42-40-,43-35-,44-36-,50-46-,55-51-,62-58-,67-63-. The Morgan fingerprint density at radius 2 is 0.538 bits per heavy atom. The largest absolute Gasteiger partial charge is 0.472 e. The molecule has 106 heavy (non-hydrogen) atoms. The zero-order valence-electron chi connectivity index (χ0n) is 65.3. The van der Waals surface area contributed by atoms with E-state index in [1.807, 2.05) is 30.4 Å². The normalized spacial score (nSPS) is 14.9. The highest BCUT2D eigenvalue weighted by atomic mass is 31.2. The van der Waals surface area contributed by atoms with E-state index in [4.69, 9.17) is 37.0 Å². The molecule has 0 aliphatic rings. The predicted octanol–water partition coefficient (Wildman–Crippen LogP) is 23.3. The molecular weight excluding hydrogens is 1380 g/mol. The van der Waals surface area contributed by atoms with Crippen LogP contribution in [-0.4, -0.2) is 96.7 Å². The van der Waals surface area contributed by atoms with E-state index in [-0.39, 0.29) is 25.7 Å². The molecule has 19 heteroatoms. The molecule has 0 aromatic carbocycles. The van der Waals surface area contributed by atoms with Gasteiger partial charge in [0.25, 0.3) is 0 Å². The van der Waals surface area contributed by atoms with E-state index >= 15 is 0 Å². The number of unbranched alkanes of at least 4 members (excludes halogenated alkanes) is 15. The molecule has 598 valence electrons. The Bertz CT molecular complexity index is 2780. The number of phosphoric acid groups is 2. The molecule has 0 amide bonds. The molecule has 0 saturated carbocycles. The maximum Gasteiger partial charge on any atom is 0.472 e. The summed E-state index contributed by atoms with van der Waals surface area (Å²) >= 11 is 0. The minimum absolute atomic E-state index is 0.00335. The molecule has 3 N–H and O–H groups in total. The minimum Gasteiger partial charge on any atom is -0.462 e. The molecule has 5 atom stereocenters. The fraction of sp³-hybridized carbons (Fsp3) is 0.586. The van der Waals surface area contributed by atoms with Gasteiger partial charge in [-0.25, -0.2) is 9.13 Å². The number of rotatable bonds is 72. The summed E-state index contributed by atoms with van der Waals surface area (Å²) in [5.41, 5.74) is 0. The van der Waals surface area contributed by atoms with Gasteiger partial charge in [0, 0.05) is 19.3 Å². The van der Waals surface area contributed by atoms with Crippen LogP contribution in [0.3, 0.4) is 0 Å². The van der Waals surface area contributed by atoms with Gasteiger partial charge in [-0.05, 0) is 161 Å². The van der Waals surface area contributed by atoms with Gasteiger partial charge < -0.3 is 33.8 Å². The molecule has 0 aromatic rings. The van der Waals surface area contributed by atoms with E-state index in [0.717, 1.165) is 167 Å². The molecule has 0 aliphatic carbocycles. The Morgan fingerprint density at radius 1 is 0.283 bits per heavy atom. The number of esters is 4. The van der Waals surface area contributed by atoms with Crippen LogP contribution < -0.4 is 0 Å². The molecule has 0 rings (SSSR count). The molecule has 0 heterocycles. The number of allylic oxidation sites excluding steroid dienone is 31. The molecule has 0 radical (unpaired) electrons. The van der Waals surface area contributed by atoms with Crippen LogP contribution in [0.1, 0.15) is 272 Å². The molecule has 5 unspecified atom stereocenters. The van der Waals surface area contributed by atoms with E-state index < -0.39 is 97.5 Å². The van der Waals surface area contributed by atoms with Crippen molar-refractivity contribution in [1.29, 1.82) is 0 Å². The van der Waals surface area contributed by atoms with Crippen LogP contribution >= 0.6 is 15.6 Å². The highest BCUT2D eigenvalue weighted by Gasteiger charge is 2.30. The zero-order chi connectivity index (χ0) is 77.4. The number of aliphatic hydroxyl groups is 1. The first-order valence-electron chi connectivity index (χ1n) is 39.7. The van der Waals surface area contributed by atoms with Crippen LogP contribution in [0.2, 0.25) is 0 Å². The van der Waals surface area contributed by atoms with E-state index in [0.29, 0.717) is 32.1 Å². The van der Waals surface area contributed by atoms with E-state index in [2.05, 4.69) is 186 Å². The molecule has 0 fully saturated rings. The Balaban J connectivity index is 5.53. The quantitative estimate of drug-likeness (QED) is 0.0169. The number of carbonyl (C=O) groups excluding carboxylic acids is 4. The fourth-order valence-corrected chi connectivity index (χ4v) is 11.2. The van der Waals surface area contributed by atoms with Gasteiger partial charge in [-0.3, -0.25) is 37.3 Å². The first kappa shape index (κ1) is 99.9. The highest BCUT2D eigenvalue weighted by Crippen LogP contribution is 2.45. The zero-order valence-corrected chi connectivity index (χ0v) is 67.1. The van der Waals surface area contributed by atoms with Crippen molar-refractivity contribution in [1.82, 2.24) is 0 Å². The minimum atomic E-state index is -5.02. The maximum atomic E-state index is 13.1. The number of hydrogen-bond acceptors (Lipinski definition) is 15. The maximum absolute atomic E-state index is 13.1. The number of phosphoric ester groups is 2. The van der Waals surface area contributed by atoms with Crippen LogP contribution in [0.5, 0.6) is 0 Å². The van der Waals surface area contributed by atoms with Gasteiger partial charge in [0.2, 0.25) is 0 Å². The summed E-state index contributed by atoms with van der Waals surface area (Å²) in [4.78, 5) is 73.0. The average molecular weight is 1520 g/mol. The Labute approximate surface area is 640 Å². The highest BCUT2D eigenvalue weighted by molar-refractivity contribution is 7.47. The Morgan fingerprint density at radius 3 is 0.877 bits per heavy atom. The summed E-state index contributed by atoms with van der Waals surface area (Å²) < 4.78 is 68.4. The summed E-state index contributed by atoms with van der Waals surface area (Å²) in [6, 6.07) is 0. The lowest BCUT2D eigenvalue weighted by Gasteiger charge is -2.21. The Hall–Kier alpha value is -6.10. The predicted molar refractivity (Wildman–Crippen MR) is 436 cm³/mol. The van der Waals surface area contributed by atoms with Crippen LogP contribution in [0.15, 0.2) is 194 Å². The summed E-state index contributed by atoms with van der Waals surface area (Å²) in [5.74, 6) is -2.45. The summed E-state index contributed by atoms with van der Waals surface area (Å²) in [5, 5.41) is 10.6. The van der Waals surface area contributed by atoms with Gasteiger partial charge in [0.15, 0.2) is 12.2 Å². The monoisotopic (exact) mass is 1520 g/mol. The first-order valence-corrected chi connectivity index (χ1v) is 42.7. The number of aliphatic hydroxyl groups excluding tert-OH is 1. The van der Waals surface area contributed by atoms with Crippen molar-refractivity contribution in [3.8, 4) is 0 Å². The SMILES string of the molecule is CC/C=C\C/C=C\C/C=C\C/C=C\C/C=C\CCCC(=O)OC(COC(=O)CCCCCCCC/C=C\C/C=C\C/C=C\CCCCC)COP(=O)(O)OCC(O)COP(=O)(O)OCC(COC(=O)C/C=C\C/C=C\C/C=C\C/C=C\C/C=C\CC)OC(=O)CCCCCCC/C=C\C/C=C\C/C=C\CC. The lowest BCUT2D eigenvalue weighted by molar-refractivity contribution is -0.161. The smallest absolute Gasteiger partial charge is 0.462 e. The second kappa shape index (κ2) is 77.1. The van der Waals surface area contributed by atoms with Gasteiger partial charge in [-0.1, -0.05) is 280 Å². The van der Waals surface area contributed by atoms with Crippen molar-refractivity contribution in [2.24, 2.45) is 0 Å². The summed E-state index contributed by atoms with van der Waals surface area (Å²) in [7, 11) is -10.0. The number of carbonyl (C=O) groups is 4. The Kier molecular flexibility index (Phi) is 72.6. The van der Waals surface area contributed by atoms with Crippen molar-refractivity contribution in [2.45, 2.75) is 290 Å². The van der Waals surface area contributed by atoms with Crippen molar-refractivity contribution in [2.75, 3.05) is 39.6 Å². The second-order valence-corrected chi connectivity index (χ2v) is 28.4. The third kappa shape index (κ3) is 76.1. The van der Waals surface area contributed by atoms with Crippen molar-refractivity contribution < 1.29 is 80.2 Å². The molecule has 0 aliphatic heterocycles. The molecule has 0 bridgehead atoms. The fourth-order valence-electron chi connectivity index (χ4n) is 9.64. The molecular formula is C87H138O17P2. The molecule has 0 spiro atoms. The lowest BCUT2D eigenvalue weighted by Crippen LogP contribution is -2.30. The van der Waals surface area contributed by atoms with Crippen LogP contribution in [-0.2, 0) is 65.4 Å². The number of hydrogen-bond donors (Lipinski definition) is 3. The third-order valence-electron chi connectivity index (χ3n) is 15.6. The van der Waals surface area contributed by atoms with Crippen LogP contribution in [0, 0.1) is 0 Å². The van der Waals surface area contributed by atoms with E-state index in [1.54, 1.807) is 6.08 Å². The van der Waals surface area contributed by atoms with Gasteiger partial charge >= 0.3 is 39.5 Å². The van der Waals surface area contributed by atoms with E-state index in [9.17, 15) is 43.2 Å². The molecule has 17 nitrogen and oxygen atoms in total.